The second kappa shape index (κ2) is 10.3. The minimum atomic E-state index is -1.30. The normalized spacial score (nSPS) is 12.9. The van der Waals surface area contributed by atoms with E-state index in [1.54, 1.807) is 0 Å². The highest BCUT2D eigenvalue weighted by Crippen LogP contribution is 2.44. The Morgan fingerprint density at radius 1 is 0.914 bits per heavy atom. The van der Waals surface area contributed by atoms with Gasteiger partial charge in [-0.1, -0.05) is 48.5 Å². The molecule has 7 nitrogen and oxygen atoms in total. The van der Waals surface area contributed by atoms with Gasteiger partial charge in [-0.05, 0) is 40.8 Å². The van der Waals surface area contributed by atoms with Crippen LogP contribution in [0.1, 0.15) is 29.9 Å². The summed E-state index contributed by atoms with van der Waals surface area (Å²) in [5.74, 6) is -3.99. The van der Waals surface area contributed by atoms with E-state index < -0.39 is 42.1 Å². The summed E-state index contributed by atoms with van der Waals surface area (Å²) in [6.45, 7) is 0.00222. The van der Waals surface area contributed by atoms with Crippen molar-refractivity contribution in [1.82, 2.24) is 5.32 Å². The van der Waals surface area contributed by atoms with Gasteiger partial charge in [-0.2, -0.15) is 0 Å². The molecular formula is C26H22F2N2O5. The molecule has 2 amide bonds. The Kier molecular flexibility index (Phi) is 7.05. The largest absolute Gasteiger partial charge is 0.481 e. The number of nitrogens with one attached hydrogen (secondary N) is 2. The molecule has 0 heterocycles. The zero-order chi connectivity index (χ0) is 24.9. The van der Waals surface area contributed by atoms with Crippen molar-refractivity contribution in [1.29, 1.82) is 0 Å². The number of alkyl carbamates (subject to hydrolysis) is 1. The van der Waals surface area contributed by atoms with Gasteiger partial charge >= 0.3 is 12.1 Å². The van der Waals surface area contributed by atoms with Crippen LogP contribution in [-0.4, -0.2) is 35.7 Å². The molecule has 0 spiro atoms. The van der Waals surface area contributed by atoms with Crippen molar-refractivity contribution in [3.8, 4) is 11.1 Å². The van der Waals surface area contributed by atoms with Crippen LogP contribution in [0, 0.1) is 11.6 Å². The van der Waals surface area contributed by atoms with Gasteiger partial charge in [-0.25, -0.2) is 13.6 Å². The van der Waals surface area contributed by atoms with E-state index in [4.69, 9.17) is 9.84 Å². The number of ether oxygens (including phenoxy) is 1. The Hall–Kier alpha value is -4.27. The molecule has 35 heavy (non-hydrogen) atoms. The van der Waals surface area contributed by atoms with Crippen LogP contribution in [-0.2, 0) is 14.3 Å². The van der Waals surface area contributed by atoms with Crippen LogP contribution in [0.25, 0.3) is 11.1 Å². The number of rotatable bonds is 8. The van der Waals surface area contributed by atoms with Crippen LogP contribution in [0.5, 0.6) is 0 Å². The summed E-state index contributed by atoms with van der Waals surface area (Å²) < 4.78 is 32.3. The predicted octanol–water partition coefficient (Wildman–Crippen LogP) is 4.68. The molecule has 1 aliphatic carbocycles. The van der Waals surface area contributed by atoms with Gasteiger partial charge in [-0.15, -0.1) is 0 Å². The molecule has 3 N–H and O–H groups in total. The number of carboxylic acids is 1. The van der Waals surface area contributed by atoms with Crippen molar-refractivity contribution < 1.29 is 33.0 Å². The molecule has 4 rings (SSSR count). The van der Waals surface area contributed by atoms with Gasteiger partial charge in [0.2, 0.25) is 5.91 Å². The second-order valence-electron chi connectivity index (χ2n) is 8.10. The van der Waals surface area contributed by atoms with Crippen molar-refractivity contribution >= 4 is 23.7 Å². The Bertz CT molecular complexity index is 1210. The number of hydrogen-bond acceptors (Lipinski definition) is 4. The van der Waals surface area contributed by atoms with E-state index in [1.165, 1.54) is 0 Å². The van der Waals surface area contributed by atoms with Crippen LogP contribution in [0.2, 0.25) is 0 Å². The predicted molar refractivity (Wildman–Crippen MR) is 124 cm³/mol. The molecule has 0 aliphatic heterocycles. The smallest absolute Gasteiger partial charge is 0.407 e. The average molecular weight is 480 g/mol. The van der Waals surface area contributed by atoms with Crippen LogP contribution in [0.3, 0.4) is 0 Å². The van der Waals surface area contributed by atoms with Gasteiger partial charge < -0.3 is 20.5 Å². The molecule has 3 aromatic rings. The number of carboxylic acid groups (broad SMARTS) is 1. The lowest BCUT2D eigenvalue weighted by molar-refractivity contribution is -0.137. The van der Waals surface area contributed by atoms with Gasteiger partial charge in [0.25, 0.3) is 0 Å². The lowest BCUT2D eigenvalue weighted by Crippen LogP contribution is -2.44. The first-order valence-corrected chi connectivity index (χ1v) is 10.9. The monoisotopic (exact) mass is 480 g/mol. The Balaban J connectivity index is 1.43. The molecule has 0 fully saturated rings. The van der Waals surface area contributed by atoms with Crippen LogP contribution in [0.4, 0.5) is 19.3 Å². The van der Waals surface area contributed by atoms with E-state index in [1.807, 2.05) is 48.5 Å². The fourth-order valence-electron chi connectivity index (χ4n) is 4.17. The van der Waals surface area contributed by atoms with Crippen molar-refractivity contribution in [3.63, 3.8) is 0 Å². The van der Waals surface area contributed by atoms with Gasteiger partial charge in [0.05, 0.1) is 0 Å². The number of anilines is 1. The Morgan fingerprint density at radius 3 is 2.06 bits per heavy atom. The number of carbonyl (C=O) groups excluding carboxylic acids is 2. The number of halogens is 2. The maximum absolute atomic E-state index is 13.4. The zero-order valence-electron chi connectivity index (χ0n) is 18.5. The van der Waals surface area contributed by atoms with Crippen LogP contribution >= 0.6 is 0 Å². The minimum Gasteiger partial charge on any atom is -0.481 e. The second-order valence-corrected chi connectivity index (χ2v) is 8.10. The molecule has 1 aliphatic rings. The zero-order valence-corrected chi connectivity index (χ0v) is 18.5. The first-order valence-electron chi connectivity index (χ1n) is 10.9. The molecule has 1 unspecified atom stereocenters. The minimum absolute atomic E-state index is 0.00222. The average Bonchev–Trinajstić information content (AvgIpc) is 3.13. The van der Waals surface area contributed by atoms with Gasteiger partial charge in [0, 0.05) is 24.1 Å². The molecule has 0 aromatic heterocycles. The third kappa shape index (κ3) is 5.63. The highest BCUT2D eigenvalue weighted by atomic mass is 19.1. The highest BCUT2D eigenvalue weighted by Gasteiger charge is 2.30. The Labute approximate surface area is 199 Å². The number of benzene rings is 3. The Morgan fingerprint density at radius 2 is 1.49 bits per heavy atom. The molecule has 1 atom stereocenters. The molecule has 9 heteroatoms. The molecule has 0 bridgehead atoms. The molecule has 3 aromatic carbocycles. The highest BCUT2D eigenvalue weighted by molar-refractivity contribution is 5.96. The number of amides is 2. The van der Waals surface area contributed by atoms with Gasteiger partial charge in [-0.3, -0.25) is 9.59 Å². The fourth-order valence-corrected chi connectivity index (χ4v) is 4.17. The standard InChI is InChI=1S/C26H22F2N2O5/c27-15-11-16(28)13-17(12-15)29-25(33)23(9-10-24(31)32)30-26(34)35-14-22-20-7-3-1-5-18(20)19-6-2-4-8-21(19)22/h1-8,11-13,22-23H,9-10,14H2,(H,29,33)(H,30,34)(H,31,32). The van der Waals surface area contributed by atoms with Crippen molar-refractivity contribution in [2.45, 2.75) is 24.8 Å². The quantitative estimate of drug-likeness (QED) is 0.435. The van der Waals surface area contributed by atoms with E-state index in [0.29, 0.717) is 6.07 Å². The number of fused-ring (bicyclic) bond motifs is 3. The van der Waals surface area contributed by atoms with E-state index >= 15 is 0 Å². The van der Waals surface area contributed by atoms with E-state index in [0.717, 1.165) is 34.4 Å². The molecule has 0 radical (unpaired) electrons. The first kappa shape index (κ1) is 23.9. The molecule has 0 saturated heterocycles. The topological polar surface area (TPSA) is 105 Å². The molecular weight excluding hydrogens is 458 g/mol. The lowest BCUT2D eigenvalue weighted by atomic mass is 9.98. The molecule has 0 saturated carbocycles. The summed E-state index contributed by atoms with van der Waals surface area (Å²) >= 11 is 0. The summed E-state index contributed by atoms with van der Waals surface area (Å²) in [5.41, 5.74) is 3.96. The summed E-state index contributed by atoms with van der Waals surface area (Å²) in [5, 5.41) is 13.7. The van der Waals surface area contributed by atoms with E-state index in [2.05, 4.69) is 10.6 Å². The van der Waals surface area contributed by atoms with Gasteiger partial charge in [0.1, 0.15) is 24.3 Å². The van der Waals surface area contributed by atoms with E-state index in [9.17, 15) is 23.2 Å². The van der Waals surface area contributed by atoms with Crippen molar-refractivity contribution in [3.05, 3.63) is 89.5 Å². The third-order valence-corrected chi connectivity index (χ3v) is 5.73. The summed E-state index contributed by atoms with van der Waals surface area (Å²) in [7, 11) is 0. The summed E-state index contributed by atoms with van der Waals surface area (Å²) in [4.78, 5) is 36.2. The maximum Gasteiger partial charge on any atom is 0.407 e. The van der Waals surface area contributed by atoms with Crippen molar-refractivity contribution in [2.75, 3.05) is 11.9 Å². The number of hydrogen-bond donors (Lipinski definition) is 3. The van der Waals surface area contributed by atoms with Crippen LogP contribution in [0.15, 0.2) is 66.7 Å². The summed E-state index contributed by atoms with van der Waals surface area (Å²) in [6.07, 6.45) is -1.58. The first-order chi connectivity index (χ1) is 16.8. The SMILES string of the molecule is O=C(O)CCC(NC(=O)OCC1c2ccccc2-c2ccccc21)C(=O)Nc1cc(F)cc(F)c1. The van der Waals surface area contributed by atoms with Gasteiger partial charge in [0.15, 0.2) is 0 Å². The number of aliphatic carboxylic acids is 1. The number of carbonyl (C=O) groups is 3. The van der Waals surface area contributed by atoms with Crippen molar-refractivity contribution in [2.24, 2.45) is 0 Å². The van der Waals surface area contributed by atoms with Crippen LogP contribution < -0.4 is 10.6 Å². The summed E-state index contributed by atoms with van der Waals surface area (Å²) in [6, 6.07) is 16.7. The fraction of sp³-hybridized carbons (Fsp3) is 0.192. The van der Waals surface area contributed by atoms with E-state index in [-0.39, 0.29) is 24.6 Å². The maximum atomic E-state index is 13.4. The lowest BCUT2D eigenvalue weighted by Gasteiger charge is -2.19. The molecule has 180 valence electrons. The third-order valence-electron chi connectivity index (χ3n) is 5.73.